The zero-order chi connectivity index (χ0) is 19.1. The Labute approximate surface area is 157 Å². The Kier molecular flexibility index (Phi) is 6.41. The highest BCUT2D eigenvalue weighted by Crippen LogP contribution is 2.22. The summed E-state index contributed by atoms with van der Waals surface area (Å²) >= 11 is 0. The lowest BCUT2D eigenvalue weighted by atomic mass is 9.92. The number of halogens is 1. The SMILES string of the molecule is O=C(Cc1ccc(F)cc1)NC1CCCC(OC(=O)Nc2ccccc2)C1. The number of nitrogens with one attached hydrogen (secondary N) is 2. The van der Waals surface area contributed by atoms with Crippen molar-refractivity contribution in [2.75, 3.05) is 5.32 Å². The molecular weight excluding hydrogens is 347 g/mol. The average Bonchev–Trinajstić information content (AvgIpc) is 2.64. The van der Waals surface area contributed by atoms with Crippen LogP contribution in [0.3, 0.4) is 0 Å². The quantitative estimate of drug-likeness (QED) is 0.835. The van der Waals surface area contributed by atoms with Crippen molar-refractivity contribution < 1.29 is 18.7 Å². The van der Waals surface area contributed by atoms with Crippen LogP contribution in [0.5, 0.6) is 0 Å². The molecule has 0 heterocycles. The fourth-order valence-corrected chi connectivity index (χ4v) is 3.27. The van der Waals surface area contributed by atoms with Crippen LogP contribution in [0.15, 0.2) is 54.6 Å². The molecule has 0 radical (unpaired) electrons. The Hall–Kier alpha value is -2.89. The molecule has 0 aliphatic heterocycles. The highest BCUT2D eigenvalue weighted by molar-refractivity contribution is 5.84. The van der Waals surface area contributed by atoms with Crippen LogP contribution in [0.1, 0.15) is 31.2 Å². The molecule has 3 rings (SSSR count). The molecule has 2 N–H and O–H groups in total. The molecule has 1 aliphatic carbocycles. The van der Waals surface area contributed by atoms with E-state index in [2.05, 4.69) is 10.6 Å². The van der Waals surface area contributed by atoms with Crippen LogP contribution in [0, 0.1) is 5.82 Å². The topological polar surface area (TPSA) is 67.4 Å². The van der Waals surface area contributed by atoms with Crippen molar-refractivity contribution in [2.45, 2.75) is 44.2 Å². The van der Waals surface area contributed by atoms with E-state index in [1.165, 1.54) is 12.1 Å². The third kappa shape index (κ3) is 6.09. The van der Waals surface area contributed by atoms with Crippen LogP contribution in [0.2, 0.25) is 0 Å². The molecule has 0 spiro atoms. The minimum atomic E-state index is -0.482. The van der Waals surface area contributed by atoms with Crippen LogP contribution < -0.4 is 10.6 Å². The van der Waals surface area contributed by atoms with E-state index in [1.807, 2.05) is 18.2 Å². The van der Waals surface area contributed by atoms with Gasteiger partial charge in [-0.15, -0.1) is 0 Å². The Morgan fingerprint density at radius 3 is 2.52 bits per heavy atom. The largest absolute Gasteiger partial charge is 0.446 e. The van der Waals surface area contributed by atoms with E-state index in [9.17, 15) is 14.0 Å². The highest BCUT2D eigenvalue weighted by Gasteiger charge is 2.26. The van der Waals surface area contributed by atoms with Crippen LogP contribution in [-0.2, 0) is 16.0 Å². The normalized spacial score (nSPS) is 19.1. The molecule has 0 saturated heterocycles. The van der Waals surface area contributed by atoms with Gasteiger partial charge >= 0.3 is 6.09 Å². The summed E-state index contributed by atoms with van der Waals surface area (Å²) in [5.74, 6) is -0.429. The van der Waals surface area contributed by atoms with Crippen LogP contribution in [-0.4, -0.2) is 24.1 Å². The van der Waals surface area contributed by atoms with E-state index in [4.69, 9.17) is 4.74 Å². The van der Waals surface area contributed by atoms with E-state index >= 15 is 0 Å². The van der Waals surface area contributed by atoms with Gasteiger partial charge in [-0.25, -0.2) is 9.18 Å². The molecular formula is C21H23FN2O3. The van der Waals surface area contributed by atoms with Gasteiger partial charge in [-0.1, -0.05) is 30.3 Å². The van der Waals surface area contributed by atoms with Gasteiger partial charge < -0.3 is 10.1 Å². The number of hydrogen-bond acceptors (Lipinski definition) is 3. The van der Waals surface area contributed by atoms with Gasteiger partial charge in [0.1, 0.15) is 11.9 Å². The van der Waals surface area contributed by atoms with Crippen molar-refractivity contribution >= 4 is 17.7 Å². The number of anilines is 1. The lowest BCUT2D eigenvalue weighted by Gasteiger charge is -2.29. The van der Waals surface area contributed by atoms with Crippen molar-refractivity contribution in [1.82, 2.24) is 5.32 Å². The molecule has 2 unspecified atom stereocenters. The number of carbonyl (C=O) groups excluding carboxylic acids is 2. The van der Waals surface area contributed by atoms with Gasteiger partial charge in [0.2, 0.25) is 5.91 Å². The third-order valence-corrected chi connectivity index (χ3v) is 4.56. The fraction of sp³-hybridized carbons (Fsp3) is 0.333. The van der Waals surface area contributed by atoms with Crippen molar-refractivity contribution in [1.29, 1.82) is 0 Å². The fourth-order valence-electron chi connectivity index (χ4n) is 3.27. The number of para-hydroxylation sites is 1. The molecule has 2 amide bonds. The van der Waals surface area contributed by atoms with E-state index in [0.717, 1.165) is 24.8 Å². The first-order valence-corrected chi connectivity index (χ1v) is 9.15. The molecule has 142 valence electrons. The summed E-state index contributed by atoms with van der Waals surface area (Å²) in [5, 5.41) is 5.69. The molecule has 6 heteroatoms. The second kappa shape index (κ2) is 9.16. The second-order valence-corrected chi connectivity index (χ2v) is 6.75. The maximum Gasteiger partial charge on any atom is 0.411 e. The van der Waals surface area contributed by atoms with Crippen LogP contribution in [0.25, 0.3) is 0 Å². The van der Waals surface area contributed by atoms with Crippen molar-refractivity contribution in [3.8, 4) is 0 Å². The third-order valence-electron chi connectivity index (χ3n) is 4.56. The zero-order valence-electron chi connectivity index (χ0n) is 15.0. The average molecular weight is 370 g/mol. The molecule has 1 saturated carbocycles. The molecule has 1 aliphatic rings. The van der Waals surface area contributed by atoms with Gasteiger partial charge in [-0.2, -0.15) is 0 Å². The summed E-state index contributed by atoms with van der Waals surface area (Å²) in [7, 11) is 0. The smallest absolute Gasteiger partial charge is 0.411 e. The Bertz CT molecular complexity index is 765. The standard InChI is InChI=1S/C21H23FN2O3/c22-16-11-9-15(10-12-16)13-20(25)23-18-7-4-8-19(14-18)27-21(26)24-17-5-2-1-3-6-17/h1-3,5-6,9-12,18-19H,4,7-8,13-14H2,(H,23,25)(H,24,26). The Balaban J connectivity index is 1.45. The summed E-state index contributed by atoms with van der Waals surface area (Å²) < 4.78 is 18.4. The summed E-state index contributed by atoms with van der Waals surface area (Å²) in [4.78, 5) is 24.2. The predicted molar refractivity (Wildman–Crippen MR) is 101 cm³/mol. The Morgan fingerprint density at radius 1 is 1.04 bits per heavy atom. The lowest BCUT2D eigenvalue weighted by Crippen LogP contribution is -2.41. The molecule has 5 nitrogen and oxygen atoms in total. The number of amides is 2. The highest BCUT2D eigenvalue weighted by atomic mass is 19.1. The van der Waals surface area contributed by atoms with E-state index in [-0.39, 0.29) is 30.3 Å². The first-order chi connectivity index (χ1) is 13.1. The van der Waals surface area contributed by atoms with Gasteiger partial charge in [-0.3, -0.25) is 10.1 Å². The predicted octanol–water partition coefficient (Wildman–Crippen LogP) is 4.04. The summed E-state index contributed by atoms with van der Waals surface area (Å²) in [6.45, 7) is 0. The minimum Gasteiger partial charge on any atom is -0.446 e. The summed E-state index contributed by atoms with van der Waals surface area (Å²) in [6.07, 6.45) is 2.61. The number of ether oxygens (including phenoxy) is 1. The number of rotatable bonds is 5. The number of carbonyl (C=O) groups is 2. The minimum absolute atomic E-state index is 0.0266. The number of benzene rings is 2. The lowest BCUT2D eigenvalue weighted by molar-refractivity contribution is -0.121. The van der Waals surface area contributed by atoms with Crippen molar-refractivity contribution in [3.63, 3.8) is 0 Å². The maximum absolute atomic E-state index is 12.9. The monoisotopic (exact) mass is 370 g/mol. The maximum atomic E-state index is 12.9. The summed E-state index contributed by atoms with van der Waals surface area (Å²) in [6, 6.07) is 15.0. The summed E-state index contributed by atoms with van der Waals surface area (Å²) in [5.41, 5.74) is 1.45. The van der Waals surface area contributed by atoms with E-state index < -0.39 is 6.09 Å². The molecule has 27 heavy (non-hydrogen) atoms. The van der Waals surface area contributed by atoms with Crippen molar-refractivity contribution in [2.24, 2.45) is 0 Å². The zero-order valence-corrected chi connectivity index (χ0v) is 15.0. The first kappa shape index (κ1) is 18.9. The molecule has 0 aromatic heterocycles. The van der Waals surface area contributed by atoms with Gasteiger partial charge in [0.15, 0.2) is 0 Å². The first-order valence-electron chi connectivity index (χ1n) is 9.15. The van der Waals surface area contributed by atoms with Crippen LogP contribution in [0.4, 0.5) is 14.9 Å². The second-order valence-electron chi connectivity index (χ2n) is 6.75. The van der Waals surface area contributed by atoms with E-state index in [0.29, 0.717) is 12.1 Å². The van der Waals surface area contributed by atoms with Gasteiger partial charge in [0, 0.05) is 18.2 Å². The van der Waals surface area contributed by atoms with Gasteiger partial charge in [0.05, 0.1) is 6.42 Å². The van der Waals surface area contributed by atoms with Gasteiger partial charge in [0.25, 0.3) is 0 Å². The van der Waals surface area contributed by atoms with Gasteiger partial charge in [-0.05, 0) is 49.1 Å². The molecule has 2 aromatic carbocycles. The molecule has 2 atom stereocenters. The number of hydrogen-bond donors (Lipinski definition) is 2. The molecule has 1 fully saturated rings. The van der Waals surface area contributed by atoms with Crippen molar-refractivity contribution in [3.05, 3.63) is 66.0 Å². The molecule has 2 aromatic rings. The Morgan fingerprint density at radius 2 is 1.78 bits per heavy atom. The van der Waals surface area contributed by atoms with E-state index in [1.54, 1.807) is 24.3 Å². The molecule has 0 bridgehead atoms. The van der Waals surface area contributed by atoms with Crippen LogP contribution >= 0.6 is 0 Å².